The first kappa shape index (κ1) is 21.6. The molecule has 1 aliphatic heterocycles. The number of halogens is 1. The Hall–Kier alpha value is -3.58. The topological polar surface area (TPSA) is 66.7 Å². The lowest BCUT2D eigenvalue weighted by molar-refractivity contribution is -0.384. The first-order chi connectivity index (χ1) is 15.5. The van der Waals surface area contributed by atoms with Gasteiger partial charge in [0, 0.05) is 49.1 Å². The quantitative estimate of drug-likeness (QED) is 0.403. The number of hydrogen-bond donors (Lipinski definition) is 0. The van der Waals surface area contributed by atoms with Gasteiger partial charge in [0.25, 0.3) is 11.6 Å². The van der Waals surface area contributed by atoms with Crippen molar-refractivity contribution in [2.24, 2.45) is 0 Å². The number of non-ortho nitro benzene ring substituents is 1. The standard InChI is InChI=1S/C25H24FN3O3/c26-21-9-11-22(12-10-21)28(25(30)20-6-2-1-3-7-20)23-13-15-27(16-14-23)18-19-5-4-8-24(17-19)29(31)32/h1-12,17,23H,13-16,18H2. The molecule has 1 amide bonds. The summed E-state index contributed by atoms with van der Waals surface area (Å²) in [5.74, 6) is -0.443. The maximum atomic E-state index is 13.5. The molecule has 0 bridgehead atoms. The van der Waals surface area contributed by atoms with E-state index >= 15 is 0 Å². The highest BCUT2D eigenvalue weighted by Gasteiger charge is 2.30. The number of nitro groups is 1. The summed E-state index contributed by atoms with van der Waals surface area (Å²) >= 11 is 0. The van der Waals surface area contributed by atoms with Crippen LogP contribution in [0, 0.1) is 15.9 Å². The van der Waals surface area contributed by atoms with Crippen LogP contribution in [-0.2, 0) is 6.54 Å². The van der Waals surface area contributed by atoms with Crippen LogP contribution in [0.2, 0.25) is 0 Å². The van der Waals surface area contributed by atoms with Crippen LogP contribution in [0.4, 0.5) is 15.8 Å². The summed E-state index contributed by atoms with van der Waals surface area (Å²) < 4.78 is 13.5. The zero-order chi connectivity index (χ0) is 22.5. The fourth-order valence-corrected chi connectivity index (χ4v) is 4.18. The largest absolute Gasteiger partial charge is 0.305 e. The van der Waals surface area contributed by atoms with E-state index in [1.807, 2.05) is 24.3 Å². The van der Waals surface area contributed by atoms with Gasteiger partial charge in [0.1, 0.15) is 5.82 Å². The number of likely N-dealkylation sites (tertiary alicyclic amines) is 1. The van der Waals surface area contributed by atoms with Crippen molar-refractivity contribution in [3.8, 4) is 0 Å². The molecule has 0 spiro atoms. The molecule has 3 aromatic rings. The number of carbonyl (C=O) groups excluding carboxylic acids is 1. The third kappa shape index (κ3) is 5.00. The zero-order valence-electron chi connectivity index (χ0n) is 17.6. The second-order valence-electron chi connectivity index (χ2n) is 7.95. The van der Waals surface area contributed by atoms with E-state index in [1.54, 1.807) is 41.3 Å². The van der Waals surface area contributed by atoms with Crippen LogP contribution in [0.15, 0.2) is 78.9 Å². The number of piperidine rings is 1. The van der Waals surface area contributed by atoms with Crippen LogP contribution in [0.1, 0.15) is 28.8 Å². The Morgan fingerprint density at radius 3 is 2.34 bits per heavy atom. The summed E-state index contributed by atoms with van der Waals surface area (Å²) in [5, 5.41) is 11.0. The van der Waals surface area contributed by atoms with E-state index in [0.29, 0.717) is 17.8 Å². The van der Waals surface area contributed by atoms with Gasteiger partial charge in [-0.15, -0.1) is 0 Å². The van der Waals surface area contributed by atoms with Crippen LogP contribution in [0.3, 0.4) is 0 Å². The highest BCUT2D eigenvalue weighted by Crippen LogP contribution is 2.27. The van der Waals surface area contributed by atoms with E-state index in [0.717, 1.165) is 31.5 Å². The molecule has 3 aromatic carbocycles. The summed E-state index contributed by atoms with van der Waals surface area (Å²) in [7, 11) is 0. The average molecular weight is 433 g/mol. The molecule has 0 unspecified atom stereocenters. The molecular formula is C25H24FN3O3. The van der Waals surface area contributed by atoms with Gasteiger partial charge < -0.3 is 4.90 Å². The summed E-state index contributed by atoms with van der Waals surface area (Å²) in [6, 6.07) is 21.8. The molecule has 0 aromatic heterocycles. The molecule has 0 atom stereocenters. The molecule has 4 rings (SSSR count). The van der Waals surface area contributed by atoms with Crippen LogP contribution in [0.25, 0.3) is 0 Å². The van der Waals surface area contributed by atoms with Gasteiger partial charge in [0.2, 0.25) is 0 Å². The molecule has 0 saturated carbocycles. The lowest BCUT2D eigenvalue weighted by Gasteiger charge is -2.38. The molecule has 7 heteroatoms. The zero-order valence-corrected chi connectivity index (χ0v) is 17.6. The van der Waals surface area contributed by atoms with Gasteiger partial charge >= 0.3 is 0 Å². The minimum atomic E-state index is -0.383. The third-order valence-electron chi connectivity index (χ3n) is 5.79. The summed E-state index contributed by atoms with van der Waals surface area (Å²) in [4.78, 5) is 28.0. The van der Waals surface area contributed by atoms with Gasteiger partial charge in [-0.3, -0.25) is 19.8 Å². The van der Waals surface area contributed by atoms with E-state index < -0.39 is 0 Å². The molecule has 0 N–H and O–H groups in total. The maximum absolute atomic E-state index is 13.5. The van der Waals surface area contributed by atoms with Crippen molar-refractivity contribution in [2.75, 3.05) is 18.0 Å². The van der Waals surface area contributed by atoms with Crippen LogP contribution in [0.5, 0.6) is 0 Å². The van der Waals surface area contributed by atoms with Gasteiger partial charge in [-0.05, 0) is 54.8 Å². The summed E-state index contributed by atoms with van der Waals surface area (Å²) in [6.07, 6.45) is 1.51. The van der Waals surface area contributed by atoms with E-state index in [-0.39, 0.29) is 28.4 Å². The SMILES string of the molecule is O=C(c1ccccc1)N(c1ccc(F)cc1)C1CCN(Cc2cccc([N+](=O)[O-])c2)CC1. The Labute approximate surface area is 186 Å². The second-order valence-corrected chi connectivity index (χ2v) is 7.95. The molecule has 1 saturated heterocycles. The lowest BCUT2D eigenvalue weighted by atomic mass is 10.00. The number of benzene rings is 3. The average Bonchev–Trinajstić information content (AvgIpc) is 2.82. The van der Waals surface area contributed by atoms with Gasteiger partial charge in [-0.2, -0.15) is 0 Å². The van der Waals surface area contributed by atoms with Crippen molar-refractivity contribution in [3.63, 3.8) is 0 Å². The Morgan fingerprint density at radius 1 is 1.00 bits per heavy atom. The summed E-state index contributed by atoms with van der Waals surface area (Å²) in [5.41, 5.74) is 2.26. The van der Waals surface area contributed by atoms with Crippen LogP contribution < -0.4 is 4.90 Å². The molecule has 1 fully saturated rings. The Balaban J connectivity index is 1.49. The number of nitrogens with zero attached hydrogens (tertiary/aromatic N) is 3. The molecule has 6 nitrogen and oxygen atoms in total. The number of rotatable bonds is 6. The summed E-state index contributed by atoms with van der Waals surface area (Å²) in [6.45, 7) is 2.14. The molecule has 32 heavy (non-hydrogen) atoms. The second kappa shape index (κ2) is 9.70. The molecular weight excluding hydrogens is 409 g/mol. The lowest BCUT2D eigenvalue weighted by Crippen LogP contribution is -2.47. The Bertz CT molecular complexity index is 1080. The number of anilines is 1. The van der Waals surface area contributed by atoms with Crippen molar-refractivity contribution in [1.82, 2.24) is 4.90 Å². The van der Waals surface area contributed by atoms with Crippen LogP contribution in [-0.4, -0.2) is 34.9 Å². The van der Waals surface area contributed by atoms with E-state index in [2.05, 4.69) is 4.90 Å². The van der Waals surface area contributed by atoms with Gasteiger partial charge in [0.15, 0.2) is 0 Å². The first-order valence-corrected chi connectivity index (χ1v) is 10.6. The molecule has 1 aliphatic rings. The number of hydrogen-bond acceptors (Lipinski definition) is 4. The smallest absolute Gasteiger partial charge is 0.269 e. The fourth-order valence-electron chi connectivity index (χ4n) is 4.18. The molecule has 0 aliphatic carbocycles. The number of amides is 1. The van der Waals surface area contributed by atoms with Crippen molar-refractivity contribution < 1.29 is 14.1 Å². The van der Waals surface area contributed by atoms with E-state index in [4.69, 9.17) is 0 Å². The molecule has 1 heterocycles. The van der Waals surface area contributed by atoms with E-state index in [1.165, 1.54) is 18.2 Å². The Morgan fingerprint density at radius 2 is 1.69 bits per heavy atom. The third-order valence-corrected chi connectivity index (χ3v) is 5.79. The first-order valence-electron chi connectivity index (χ1n) is 10.6. The van der Waals surface area contributed by atoms with Gasteiger partial charge in [-0.25, -0.2) is 4.39 Å². The monoisotopic (exact) mass is 433 g/mol. The van der Waals surface area contributed by atoms with Crippen LogP contribution >= 0.6 is 0 Å². The fraction of sp³-hybridized carbons (Fsp3) is 0.240. The van der Waals surface area contributed by atoms with Crippen molar-refractivity contribution >= 4 is 17.3 Å². The van der Waals surface area contributed by atoms with Crippen molar-refractivity contribution in [3.05, 3.63) is 106 Å². The number of nitro benzene ring substituents is 1. The minimum absolute atomic E-state index is 0.0190. The predicted molar refractivity (Wildman–Crippen MR) is 121 cm³/mol. The maximum Gasteiger partial charge on any atom is 0.269 e. The Kier molecular flexibility index (Phi) is 6.56. The predicted octanol–water partition coefficient (Wildman–Crippen LogP) is 5.05. The molecule has 0 radical (unpaired) electrons. The highest BCUT2D eigenvalue weighted by atomic mass is 19.1. The molecule has 164 valence electrons. The normalized spacial score (nSPS) is 14.8. The van der Waals surface area contributed by atoms with Gasteiger partial charge in [-0.1, -0.05) is 30.3 Å². The van der Waals surface area contributed by atoms with E-state index in [9.17, 15) is 19.3 Å². The highest BCUT2D eigenvalue weighted by molar-refractivity contribution is 6.06. The van der Waals surface area contributed by atoms with Crippen molar-refractivity contribution in [2.45, 2.75) is 25.4 Å². The van der Waals surface area contributed by atoms with Gasteiger partial charge in [0.05, 0.1) is 4.92 Å². The number of carbonyl (C=O) groups is 1. The van der Waals surface area contributed by atoms with Crippen molar-refractivity contribution in [1.29, 1.82) is 0 Å². The minimum Gasteiger partial charge on any atom is -0.305 e.